The van der Waals surface area contributed by atoms with Crippen LogP contribution in [0.3, 0.4) is 0 Å². The third-order valence-corrected chi connectivity index (χ3v) is 5.01. The summed E-state index contributed by atoms with van der Waals surface area (Å²) in [6.45, 7) is 0.0704. The Labute approximate surface area is 136 Å². The molecule has 5 heteroatoms. The number of carbonyl (C=O) groups is 2. The van der Waals surface area contributed by atoms with E-state index in [4.69, 9.17) is 0 Å². The summed E-state index contributed by atoms with van der Waals surface area (Å²) in [5, 5.41) is 16.1. The van der Waals surface area contributed by atoms with Gasteiger partial charge in [0, 0.05) is 6.04 Å². The standard InChI is InChI=1S/C18H24N2O3/c21-16(17(22)20-14-7-2-1-3-8-14)19-12-18(23)11-10-13-6-4-5-9-15(13)18/h4-6,9,14,23H,1-3,7-8,10-12H2,(H,19,21)(H,20,22). The van der Waals surface area contributed by atoms with Gasteiger partial charge in [-0.3, -0.25) is 9.59 Å². The minimum absolute atomic E-state index is 0.0704. The monoisotopic (exact) mass is 316 g/mol. The van der Waals surface area contributed by atoms with E-state index >= 15 is 0 Å². The van der Waals surface area contributed by atoms with E-state index in [0.29, 0.717) is 6.42 Å². The fourth-order valence-corrected chi connectivity index (χ4v) is 3.66. The van der Waals surface area contributed by atoms with Crippen LogP contribution in [-0.2, 0) is 21.6 Å². The Morgan fingerprint density at radius 2 is 1.87 bits per heavy atom. The SMILES string of the molecule is O=C(NCC1(O)CCc2ccccc21)C(=O)NC1CCCCC1. The molecule has 124 valence electrons. The minimum Gasteiger partial charge on any atom is -0.383 e. The number of hydrogen-bond acceptors (Lipinski definition) is 3. The molecule has 0 aromatic heterocycles. The van der Waals surface area contributed by atoms with Crippen molar-refractivity contribution in [2.45, 2.75) is 56.6 Å². The quantitative estimate of drug-likeness (QED) is 0.737. The fourth-order valence-electron chi connectivity index (χ4n) is 3.66. The highest BCUT2D eigenvalue weighted by atomic mass is 16.3. The lowest BCUT2D eigenvalue weighted by Gasteiger charge is -2.25. The van der Waals surface area contributed by atoms with Gasteiger partial charge in [0.2, 0.25) is 0 Å². The molecule has 1 fully saturated rings. The van der Waals surface area contributed by atoms with Gasteiger partial charge in [-0.1, -0.05) is 43.5 Å². The van der Waals surface area contributed by atoms with Crippen LogP contribution in [0.1, 0.15) is 49.7 Å². The van der Waals surface area contributed by atoms with Crippen LogP contribution in [-0.4, -0.2) is 29.5 Å². The van der Waals surface area contributed by atoms with Crippen molar-refractivity contribution >= 4 is 11.8 Å². The van der Waals surface area contributed by atoms with Gasteiger partial charge in [0.25, 0.3) is 0 Å². The lowest BCUT2D eigenvalue weighted by molar-refractivity contribution is -0.140. The lowest BCUT2D eigenvalue weighted by atomic mass is 9.95. The molecular formula is C18H24N2O3. The average molecular weight is 316 g/mol. The van der Waals surface area contributed by atoms with E-state index in [0.717, 1.165) is 43.2 Å². The first kappa shape index (κ1) is 16.0. The molecule has 1 unspecified atom stereocenters. The second kappa shape index (κ2) is 6.71. The second-order valence-electron chi connectivity index (χ2n) is 6.68. The van der Waals surface area contributed by atoms with E-state index < -0.39 is 17.4 Å². The maximum absolute atomic E-state index is 12.0. The van der Waals surface area contributed by atoms with Crippen molar-refractivity contribution in [3.63, 3.8) is 0 Å². The van der Waals surface area contributed by atoms with E-state index in [9.17, 15) is 14.7 Å². The molecule has 0 saturated heterocycles. The summed E-state index contributed by atoms with van der Waals surface area (Å²) >= 11 is 0. The summed E-state index contributed by atoms with van der Waals surface area (Å²) in [5.41, 5.74) is 0.890. The summed E-state index contributed by atoms with van der Waals surface area (Å²) in [6, 6.07) is 7.81. The Bertz CT molecular complexity index is 596. The first-order chi connectivity index (χ1) is 11.1. The largest absolute Gasteiger partial charge is 0.383 e. The molecule has 0 bridgehead atoms. The zero-order valence-corrected chi connectivity index (χ0v) is 13.3. The number of aliphatic hydroxyl groups is 1. The molecule has 1 aromatic carbocycles. The summed E-state index contributed by atoms with van der Waals surface area (Å²) in [5.74, 6) is -1.25. The second-order valence-corrected chi connectivity index (χ2v) is 6.68. The Kier molecular flexibility index (Phi) is 4.66. The molecule has 23 heavy (non-hydrogen) atoms. The van der Waals surface area contributed by atoms with E-state index in [1.54, 1.807) is 0 Å². The van der Waals surface area contributed by atoms with Crippen LogP contribution < -0.4 is 10.6 Å². The highest BCUT2D eigenvalue weighted by Gasteiger charge is 2.37. The molecule has 0 spiro atoms. The molecule has 1 aromatic rings. The topological polar surface area (TPSA) is 78.4 Å². The zero-order chi connectivity index (χ0) is 16.3. The summed E-state index contributed by atoms with van der Waals surface area (Å²) in [6.07, 6.45) is 6.64. The van der Waals surface area contributed by atoms with Crippen molar-refractivity contribution in [2.75, 3.05) is 6.54 Å². The van der Waals surface area contributed by atoms with Crippen molar-refractivity contribution in [3.05, 3.63) is 35.4 Å². The maximum atomic E-state index is 12.0. The normalized spacial score (nSPS) is 24.0. The Morgan fingerprint density at radius 1 is 1.13 bits per heavy atom. The fraction of sp³-hybridized carbons (Fsp3) is 0.556. The number of amides is 2. The van der Waals surface area contributed by atoms with Crippen molar-refractivity contribution in [1.82, 2.24) is 10.6 Å². The van der Waals surface area contributed by atoms with Gasteiger partial charge in [-0.05, 0) is 36.8 Å². The van der Waals surface area contributed by atoms with Crippen LogP contribution in [0.2, 0.25) is 0 Å². The third-order valence-electron chi connectivity index (χ3n) is 5.01. The molecule has 2 aliphatic carbocycles. The van der Waals surface area contributed by atoms with Crippen LogP contribution in [0.5, 0.6) is 0 Å². The highest BCUT2D eigenvalue weighted by Crippen LogP contribution is 2.36. The van der Waals surface area contributed by atoms with E-state index in [1.165, 1.54) is 6.42 Å². The van der Waals surface area contributed by atoms with Gasteiger partial charge < -0.3 is 15.7 Å². The van der Waals surface area contributed by atoms with E-state index in [-0.39, 0.29) is 12.6 Å². The molecule has 0 heterocycles. The minimum atomic E-state index is -1.07. The number of benzene rings is 1. The van der Waals surface area contributed by atoms with Crippen LogP contribution in [0, 0.1) is 0 Å². The first-order valence-corrected chi connectivity index (χ1v) is 8.48. The number of aryl methyl sites for hydroxylation is 1. The summed E-state index contributed by atoms with van der Waals surface area (Å²) in [7, 11) is 0. The number of hydrogen-bond donors (Lipinski definition) is 3. The smallest absolute Gasteiger partial charge is 0.309 e. The number of rotatable bonds is 3. The summed E-state index contributed by atoms with van der Waals surface area (Å²) < 4.78 is 0. The molecular weight excluding hydrogens is 292 g/mol. The Balaban J connectivity index is 1.53. The lowest BCUT2D eigenvalue weighted by Crippen LogP contribution is -2.48. The Morgan fingerprint density at radius 3 is 2.65 bits per heavy atom. The van der Waals surface area contributed by atoms with E-state index in [2.05, 4.69) is 10.6 Å². The van der Waals surface area contributed by atoms with Crippen LogP contribution in [0.25, 0.3) is 0 Å². The van der Waals surface area contributed by atoms with Gasteiger partial charge >= 0.3 is 11.8 Å². The van der Waals surface area contributed by atoms with Crippen molar-refractivity contribution in [3.8, 4) is 0 Å². The summed E-state index contributed by atoms with van der Waals surface area (Å²) in [4.78, 5) is 24.0. The predicted molar refractivity (Wildman–Crippen MR) is 86.7 cm³/mol. The number of nitrogens with one attached hydrogen (secondary N) is 2. The van der Waals surface area contributed by atoms with Gasteiger partial charge in [0.05, 0.1) is 6.54 Å². The predicted octanol–water partition coefficient (Wildman–Crippen LogP) is 1.39. The average Bonchev–Trinajstić information content (AvgIpc) is 2.92. The van der Waals surface area contributed by atoms with Crippen molar-refractivity contribution in [2.24, 2.45) is 0 Å². The number of carbonyl (C=O) groups excluding carboxylic acids is 2. The maximum Gasteiger partial charge on any atom is 0.309 e. The van der Waals surface area contributed by atoms with Crippen LogP contribution >= 0.6 is 0 Å². The molecule has 0 radical (unpaired) electrons. The van der Waals surface area contributed by atoms with Gasteiger partial charge in [-0.15, -0.1) is 0 Å². The molecule has 1 atom stereocenters. The zero-order valence-electron chi connectivity index (χ0n) is 13.3. The van der Waals surface area contributed by atoms with Crippen molar-refractivity contribution < 1.29 is 14.7 Å². The molecule has 3 N–H and O–H groups in total. The third kappa shape index (κ3) is 3.55. The molecule has 3 rings (SSSR count). The highest BCUT2D eigenvalue weighted by molar-refractivity contribution is 6.35. The molecule has 1 saturated carbocycles. The van der Waals surface area contributed by atoms with Gasteiger partial charge in [-0.2, -0.15) is 0 Å². The van der Waals surface area contributed by atoms with E-state index in [1.807, 2.05) is 24.3 Å². The number of fused-ring (bicyclic) bond motifs is 1. The van der Waals surface area contributed by atoms with Crippen molar-refractivity contribution in [1.29, 1.82) is 0 Å². The van der Waals surface area contributed by atoms with Gasteiger partial charge in [0.1, 0.15) is 5.60 Å². The van der Waals surface area contributed by atoms with Crippen LogP contribution in [0.15, 0.2) is 24.3 Å². The molecule has 2 aliphatic rings. The molecule has 2 amide bonds. The van der Waals surface area contributed by atoms with Crippen LogP contribution in [0.4, 0.5) is 0 Å². The van der Waals surface area contributed by atoms with Gasteiger partial charge in [-0.25, -0.2) is 0 Å². The molecule has 0 aliphatic heterocycles. The van der Waals surface area contributed by atoms with Gasteiger partial charge in [0.15, 0.2) is 0 Å². The first-order valence-electron chi connectivity index (χ1n) is 8.48. The Hall–Kier alpha value is -1.88. The molecule has 5 nitrogen and oxygen atoms in total.